The van der Waals surface area contributed by atoms with E-state index in [4.69, 9.17) is 9.84 Å². The molecule has 1 aromatic rings. The molecule has 1 saturated heterocycles. The van der Waals surface area contributed by atoms with Gasteiger partial charge >= 0.3 is 12.3 Å². The molecule has 120 valence electrons. The summed E-state index contributed by atoms with van der Waals surface area (Å²) in [6.45, 7) is 1.63. The third-order valence-corrected chi connectivity index (χ3v) is 3.92. The van der Waals surface area contributed by atoms with Crippen LogP contribution in [0.1, 0.15) is 11.3 Å². The Morgan fingerprint density at radius 1 is 1.41 bits per heavy atom. The zero-order valence-corrected chi connectivity index (χ0v) is 11.5. The van der Waals surface area contributed by atoms with E-state index in [0.717, 1.165) is 12.3 Å². The number of alkyl halides is 3. The molecule has 0 bridgehead atoms. The van der Waals surface area contributed by atoms with Gasteiger partial charge in [-0.15, -0.1) is 0 Å². The highest BCUT2D eigenvalue weighted by Gasteiger charge is 2.35. The number of hydrogen-bond donors (Lipinski definition) is 1. The van der Waals surface area contributed by atoms with Gasteiger partial charge in [0.2, 0.25) is 0 Å². The molecule has 1 aromatic heterocycles. The Kier molecular flexibility index (Phi) is 3.59. The lowest BCUT2D eigenvalue weighted by Gasteiger charge is -2.38. The van der Waals surface area contributed by atoms with Crippen LogP contribution >= 0.6 is 0 Å². The highest BCUT2D eigenvalue weighted by Crippen LogP contribution is 2.33. The molecule has 0 aliphatic carbocycles. The molecule has 2 aliphatic heterocycles. The monoisotopic (exact) mass is 317 g/mol. The molecule has 1 fully saturated rings. The zero-order valence-electron chi connectivity index (χ0n) is 11.5. The number of halogens is 3. The van der Waals surface area contributed by atoms with E-state index in [1.807, 2.05) is 4.90 Å². The fourth-order valence-corrected chi connectivity index (χ4v) is 2.68. The fourth-order valence-electron chi connectivity index (χ4n) is 2.68. The minimum Gasteiger partial charge on any atom is -0.490 e. The van der Waals surface area contributed by atoms with Gasteiger partial charge in [-0.05, 0) is 6.07 Å². The van der Waals surface area contributed by atoms with Gasteiger partial charge in [-0.25, -0.2) is 4.79 Å². The number of ether oxygens (including phenoxy) is 1. The van der Waals surface area contributed by atoms with E-state index in [1.54, 1.807) is 0 Å². The molecule has 1 N–H and O–H groups in total. The van der Waals surface area contributed by atoms with Crippen LogP contribution in [0.4, 0.5) is 18.0 Å². The number of fused-ring (bicyclic) bond motifs is 2. The van der Waals surface area contributed by atoms with Crippen molar-refractivity contribution in [1.29, 1.82) is 0 Å². The van der Waals surface area contributed by atoms with Crippen molar-refractivity contribution in [3.63, 3.8) is 0 Å². The SMILES string of the molecule is O=C(O)N1CCN2Cc3ncc(C(F)(F)F)cc3OC[C@H]2C1. The van der Waals surface area contributed by atoms with Crippen molar-refractivity contribution in [3.05, 3.63) is 23.5 Å². The molecule has 1 atom stereocenters. The summed E-state index contributed by atoms with van der Waals surface area (Å²) < 4.78 is 43.6. The molecule has 6 nitrogen and oxygen atoms in total. The predicted molar refractivity (Wildman–Crippen MR) is 68.5 cm³/mol. The van der Waals surface area contributed by atoms with Crippen molar-refractivity contribution >= 4 is 6.09 Å². The number of amides is 1. The molecule has 0 aromatic carbocycles. The molecule has 0 spiro atoms. The third-order valence-electron chi connectivity index (χ3n) is 3.92. The highest BCUT2D eigenvalue weighted by atomic mass is 19.4. The number of hydrogen-bond acceptors (Lipinski definition) is 4. The van der Waals surface area contributed by atoms with E-state index in [1.165, 1.54) is 4.90 Å². The summed E-state index contributed by atoms with van der Waals surface area (Å²) in [5, 5.41) is 9.03. The first kappa shape index (κ1) is 14.9. The maximum Gasteiger partial charge on any atom is 0.418 e. The van der Waals surface area contributed by atoms with Gasteiger partial charge in [0.05, 0.1) is 17.3 Å². The molecule has 22 heavy (non-hydrogen) atoms. The molecule has 3 heterocycles. The molecular formula is C13H14F3N3O3. The van der Waals surface area contributed by atoms with E-state index in [2.05, 4.69) is 4.98 Å². The minimum absolute atomic E-state index is 0.117. The van der Waals surface area contributed by atoms with Gasteiger partial charge in [0.15, 0.2) is 0 Å². The molecule has 0 saturated carbocycles. The Bertz CT molecular complexity index is 594. The smallest absolute Gasteiger partial charge is 0.418 e. The summed E-state index contributed by atoms with van der Waals surface area (Å²) in [4.78, 5) is 18.2. The number of rotatable bonds is 0. The van der Waals surface area contributed by atoms with Crippen LogP contribution in [-0.2, 0) is 12.7 Å². The van der Waals surface area contributed by atoms with E-state index >= 15 is 0 Å². The van der Waals surface area contributed by atoms with Gasteiger partial charge in [0.1, 0.15) is 12.4 Å². The molecule has 2 aliphatic rings. The number of nitrogens with zero attached hydrogens (tertiary/aromatic N) is 3. The van der Waals surface area contributed by atoms with Crippen molar-refractivity contribution < 1.29 is 27.8 Å². The number of carboxylic acid groups (broad SMARTS) is 1. The van der Waals surface area contributed by atoms with Crippen LogP contribution in [0.5, 0.6) is 5.75 Å². The lowest BCUT2D eigenvalue weighted by molar-refractivity contribution is -0.138. The molecule has 1 amide bonds. The van der Waals surface area contributed by atoms with Crippen LogP contribution < -0.4 is 4.74 Å². The Balaban J connectivity index is 1.81. The Morgan fingerprint density at radius 3 is 2.86 bits per heavy atom. The molecule has 9 heteroatoms. The normalized spacial score (nSPS) is 22.3. The van der Waals surface area contributed by atoms with Crippen LogP contribution in [0, 0.1) is 0 Å². The Labute approximate surface area is 124 Å². The van der Waals surface area contributed by atoms with E-state index in [9.17, 15) is 18.0 Å². The molecular weight excluding hydrogens is 303 g/mol. The molecule has 0 unspecified atom stereocenters. The lowest BCUT2D eigenvalue weighted by Crippen LogP contribution is -2.55. The lowest BCUT2D eigenvalue weighted by atomic mass is 10.1. The average Bonchev–Trinajstić information content (AvgIpc) is 2.63. The van der Waals surface area contributed by atoms with E-state index in [0.29, 0.717) is 25.3 Å². The summed E-state index contributed by atoms with van der Waals surface area (Å²) in [7, 11) is 0. The minimum atomic E-state index is -4.47. The van der Waals surface area contributed by atoms with Crippen molar-refractivity contribution in [2.45, 2.75) is 18.8 Å². The second-order valence-corrected chi connectivity index (χ2v) is 5.33. The Morgan fingerprint density at radius 2 is 2.18 bits per heavy atom. The van der Waals surface area contributed by atoms with Gasteiger partial charge in [0.25, 0.3) is 0 Å². The summed E-state index contributed by atoms with van der Waals surface area (Å²) in [5.41, 5.74) is -0.405. The maximum absolute atomic E-state index is 12.7. The van der Waals surface area contributed by atoms with E-state index in [-0.39, 0.29) is 24.9 Å². The fraction of sp³-hybridized carbons (Fsp3) is 0.538. The second kappa shape index (κ2) is 5.31. The molecule has 0 radical (unpaired) electrons. The van der Waals surface area contributed by atoms with Gasteiger partial charge < -0.3 is 14.7 Å². The van der Waals surface area contributed by atoms with Crippen LogP contribution in [0.25, 0.3) is 0 Å². The topological polar surface area (TPSA) is 65.9 Å². The Hall–Kier alpha value is -2.03. The molecule has 3 rings (SSSR count). The first-order chi connectivity index (χ1) is 10.3. The van der Waals surface area contributed by atoms with Crippen molar-refractivity contribution in [2.24, 2.45) is 0 Å². The first-order valence-corrected chi connectivity index (χ1v) is 6.75. The van der Waals surface area contributed by atoms with Gasteiger partial charge in [-0.3, -0.25) is 9.88 Å². The first-order valence-electron chi connectivity index (χ1n) is 6.75. The quantitative estimate of drug-likeness (QED) is 0.788. The van der Waals surface area contributed by atoms with Gasteiger partial charge in [-0.1, -0.05) is 0 Å². The highest BCUT2D eigenvalue weighted by molar-refractivity contribution is 5.65. The summed E-state index contributed by atoms with van der Waals surface area (Å²) in [6.07, 6.45) is -4.67. The number of carbonyl (C=O) groups is 1. The zero-order chi connectivity index (χ0) is 15.9. The summed E-state index contributed by atoms with van der Waals surface area (Å²) >= 11 is 0. The summed E-state index contributed by atoms with van der Waals surface area (Å²) in [5.74, 6) is 0.117. The predicted octanol–water partition coefficient (Wildman–Crippen LogP) is 1.66. The van der Waals surface area contributed by atoms with E-state index < -0.39 is 17.8 Å². The van der Waals surface area contributed by atoms with Gasteiger partial charge in [0, 0.05) is 32.4 Å². The summed E-state index contributed by atoms with van der Waals surface area (Å²) in [6, 6.07) is 0.767. The van der Waals surface area contributed by atoms with Crippen LogP contribution in [0.3, 0.4) is 0 Å². The van der Waals surface area contributed by atoms with Crippen molar-refractivity contribution in [1.82, 2.24) is 14.8 Å². The number of piperazine rings is 1. The van der Waals surface area contributed by atoms with Crippen molar-refractivity contribution in [2.75, 3.05) is 26.2 Å². The number of aromatic nitrogens is 1. The number of pyridine rings is 1. The average molecular weight is 317 g/mol. The maximum atomic E-state index is 12.7. The largest absolute Gasteiger partial charge is 0.490 e. The second-order valence-electron chi connectivity index (χ2n) is 5.33. The van der Waals surface area contributed by atoms with Crippen LogP contribution in [0.15, 0.2) is 12.3 Å². The van der Waals surface area contributed by atoms with Crippen LogP contribution in [-0.4, -0.2) is 58.3 Å². The van der Waals surface area contributed by atoms with Crippen LogP contribution in [0.2, 0.25) is 0 Å². The standard InChI is InChI=1S/C13H14F3N3O3/c14-13(15,16)8-3-11-10(17-4-8)6-18-1-2-19(12(20)21)5-9(18)7-22-11/h3-4,9H,1-2,5-7H2,(H,20,21)/t9-/m1/s1. The van der Waals surface area contributed by atoms with Gasteiger partial charge in [-0.2, -0.15) is 13.2 Å². The van der Waals surface area contributed by atoms with Crippen molar-refractivity contribution in [3.8, 4) is 5.75 Å². The third kappa shape index (κ3) is 2.80.